The van der Waals surface area contributed by atoms with E-state index in [1.165, 1.54) is 16.3 Å². The number of ether oxygens (including phenoxy) is 1. The Bertz CT molecular complexity index is 921. The van der Waals surface area contributed by atoms with E-state index in [2.05, 4.69) is 121 Å². The van der Waals surface area contributed by atoms with Crippen molar-refractivity contribution in [3.63, 3.8) is 0 Å². The molecule has 0 spiro atoms. The third kappa shape index (κ3) is 4.38. The van der Waals surface area contributed by atoms with E-state index in [-0.39, 0.29) is 6.10 Å². The van der Waals surface area contributed by atoms with E-state index in [0.29, 0.717) is 0 Å². The maximum atomic E-state index is 5.97. The van der Waals surface area contributed by atoms with Gasteiger partial charge in [-0.25, -0.2) is 0 Å². The first-order valence-corrected chi connectivity index (χ1v) is 16.9. The van der Waals surface area contributed by atoms with Gasteiger partial charge < -0.3 is 0 Å². The number of benzene rings is 4. The summed E-state index contributed by atoms with van der Waals surface area (Å²) in [7, 11) is 1.84. The van der Waals surface area contributed by atoms with Crippen molar-refractivity contribution in [3.8, 4) is 0 Å². The van der Waals surface area contributed by atoms with Gasteiger partial charge in [-0.2, -0.15) is 0 Å². The van der Waals surface area contributed by atoms with Gasteiger partial charge in [0.05, 0.1) is 0 Å². The van der Waals surface area contributed by atoms with E-state index in [1.54, 1.807) is 0 Å². The SMILES string of the molecule is COC(C[CH2][Sn]([c]1ccccc1)([c]1ccccc1)[c]1ccccc1)c1ccccc1. The summed E-state index contributed by atoms with van der Waals surface area (Å²) in [5.41, 5.74) is 1.26. The van der Waals surface area contributed by atoms with Crippen LogP contribution < -0.4 is 10.7 Å². The van der Waals surface area contributed by atoms with Crippen LogP contribution in [-0.4, -0.2) is 25.5 Å². The Hall–Kier alpha value is -2.36. The summed E-state index contributed by atoms with van der Waals surface area (Å²) in [6.07, 6.45) is 1.12. The van der Waals surface area contributed by atoms with Crippen molar-refractivity contribution in [1.29, 1.82) is 0 Å². The molecule has 0 bridgehead atoms. The molecule has 0 heterocycles. The third-order valence-electron chi connectivity index (χ3n) is 6.04. The summed E-state index contributed by atoms with van der Waals surface area (Å²) < 4.78 is 11.7. The molecule has 0 saturated carbocycles. The monoisotopic (exact) mass is 500 g/mol. The minimum atomic E-state index is -3.23. The van der Waals surface area contributed by atoms with E-state index in [9.17, 15) is 0 Å². The molecule has 2 heteroatoms. The van der Waals surface area contributed by atoms with Crippen LogP contribution in [0.2, 0.25) is 4.44 Å². The fraction of sp³-hybridized carbons (Fsp3) is 0.143. The van der Waals surface area contributed by atoms with Crippen LogP contribution in [0.5, 0.6) is 0 Å². The summed E-state index contributed by atoms with van der Waals surface area (Å²) in [6.45, 7) is 0. The number of hydrogen-bond acceptors (Lipinski definition) is 1. The van der Waals surface area contributed by atoms with Crippen molar-refractivity contribution in [2.75, 3.05) is 7.11 Å². The molecule has 0 saturated heterocycles. The Kier molecular flexibility index (Phi) is 7.03. The van der Waals surface area contributed by atoms with Gasteiger partial charge in [-0.1, -0.05) is 0 Å². The van der Waals surface area contributed by atoms with Crippen LogP contribution >= 0.6 is 0 Å². The van der Waals surface area contributed by atoms with Gasteiger partial charge in [0.15, 0.2) is 0 Å². The fourth-order valence-corrected chi connectivity index (χ4v) is 18.4. The molecule has 0 aliphatic heterocycles. The van der Waals surface area contributed by atoms with Crippen molar-refractivity contribution >= 4 is 29.1 Å². The molecule has 0 N–H and O–H groups in total. The van der Waals surface area contributed by atoms with Gasteiger partial charge in [-0.3, -0.25) is 0 Å². The second-order valence-electron chi connectivity index (χ2n) is 7.68. The van der Waals surface area contributed by atoms with Crippen molar-refractivity contribution in [2.45, 2.75) is 17.0 Å². The Labute approximate surface area is 184 Å². The van der Waals surface area contributed by atoms with Crippen LogP contribution in [0.25, 0.3) is 0 Å². The Morgan fingerprint density at radius 2 is 0.933 bits per heavy atom. The van der Waals surface area contributed by atoms with E-state index in [0.717, 1.165) is 10.9 Å². The van der Waals surface area contributed by atoms with Gasteiger partial charge in [0, 0.05) is 0 Å². The number of hydrogen-bond donors (Lipinski definition) is 0. The zero-order chi connectivity index (χ0) is 20.7. The molecule has 30 heavy (non-hydrogen) atoms. The van der Waals surface area contributed by atoms with Gasteiger partial charge >= 0.3 is 185 Å². The molecule has 0 amide bonds. The van der Waals surface area contributed by atoms with Gasteiger partial charge in [0.2, 0.25) is 0 Å². The van der Waals surface area contributed by atoms with E-state index >= 15 is 0 Å². The van der Waals surface area contributed by atoms with Gasteiger partial charge in [0.1, 0.15) is 0 Å². The summed E-state index contributed by atoms with van der Waals surface area (Å²) in [4.78, 5) is 0. The Morgan fingerprint density at radius 1 is 0.567 bits per heavy atom. The molecule has 4 aromatic rings. The molecular weight excluding hydrogens is 471 g/mol. The first-order chi connectivity index (χ1) is 14.8. The van der Waals surface area contributed by atoms with Gasteiger partial charge in [-0.05, 0) is 0 Å². The standard InChI is InChI=1S/C10H13O.3C6H5.Sn/c1-3-10(11-2)9-7-5-4-6-8-9;3*1-2-4-6-5-3-1;/h4-8,10H,1,3H2,2H3;3*1-5H;. The third-order valence-corrected chi connectivity index (χ3v) is 20.3. The van der Waals surface area contributed by atoms with E-state index in [4.69, 9.17) is 4.74 Å². The van der Waals surface area contributed by atoms with Gasteiger partial charge in [0.25, 0.3) is 0 Å². The van der Waals surface area contributed by atoms with E-state index < -0.39 is 18.4 Å². The van der Waals surface area contributed by atoms with Crippen LogP contribution in [0.3, 0.4) is 0 Å². The first kappa shape index (κ1) is 20.9. The van der Waals surface area contributed by atoms with Crippen LogP contribution in [0.15, 0.2) is 121 Å². The zero-order valence-electron chi connectivity index (χ0n) is 17.4. The van der Waals surface area contributed by atoms with Crippen molar-refractivity contribution < 1.29 is 4.74 Å². The zero-order valence-corrected chi connectivity index (χ0v) is 20.3. The normalized spacial score (nSPS) is 12.4. The van der Waals surface area contributed by atoms with E-state index in [1.807, 2.05) is 7.11 Å². The quantitative estimate of drug-likeness (QED) is 0.313. The average molecular weight is 499 g/mol. The molecule has 0 fully saturated rings. The average Bonchev–Trinajstić information content (AvgIpc) is 2.84. The predicted molar refractivity (Wildman–Crippen MR) is 130 cm³/mol. The number of rotatable bonds is 8. The van der Waals surface area contributed by atoms with Crippen LogP contribution in [0.1, 0.15) is 18.1 Å². The van der Waals surface area contributed by atoms with Crippen LogP contribution in [-0.2, 0) is 4.74 Å². The minimum absolute atomic E-state index is 0.110. The summed E-state index contributed by atoms with van der Waals surface area (Å²) in [5, 5.41) is 0. The summed E-state index contributed by atoms with van der Waals surface area (Å²) >= 11 is -3.23. The molecule has 0 radical (unpaired) electrons. The molecule has 1 atom stereocenters. The molecule has 4 rings (SSSR count). The molecule has 0 aliphatic carbocycles. The fourth-order valence-electron chi connectivity index (χ4n) is 4.54. The molecular formula is C28H28OSn. The second-order valence-corrected chi connectivity index (χ2v) is 19.2. The molecule has 4 aromatic carbocycles. The van der Waals surface area contributed by atoms with Crippen LogP contribution in [0.4, 0.5) is 0 Å². The van der Waals surface area contributed by atoms with Crippen LogP contribution in [0, 0.1) is 0 Å². The summed E-state index contributed by atoms with van der Waals surface area (Å²) in [6, 6.07) is 44.2. The van der Waals surface area contributed by atoms with Crippen molar-refractivity contribution in [1.82, 2.24) is 0 Å². The maximum absolute atomic E-state index is 5.97. The van der Waals surface area contributed by atoms with Crippen molar-refractivity contribution in [2.24, 2.45) is 0 Å². The molecule has 1 unspecified atom stereocenters. The topological polar surface area (TPSA) is 9.23 Å². The Balaban J connectivity index is 1.82. The molecule has 0 aliphatic rings. The summed E-state index contributed by atoms with van der Waals surface area (Å²) in [5.74, 6) is 0. The molecule has 150 valence electrons. The molecule has 0 aromatic heterocycles. The Morgan fingerprint density at radius 3 is 1.30 bits per heavy atom. The number of methoxy groups -OCH3 is 1. The second kappa shape index (κ2) is 10.1. The van der Waals surface area contributed by atoms with Crippen molar-refractivity contribution in [3.05, 3.63) is 127 Å². The predicted octanol–water partition coefficient (Wildman–Crippen LogP) is 4.93. The first-order valence-electron chi connectivity index (χ1n) is 10.6. The molecule has 1 nitrogen and oxygen atoms in total. The van der Waals surface area contributed by atoms with Gasteiger partial charge in [-0.15, -0.1) is 0 Å².